The van der Waals surface area contributed by atoms with E-state index in [0.29, 0.717) is 12.1 Å². The molecule has 1 aromatic rings. The number of benzene rings is 1. The molecule has 122 valence electrons. The van der Waals surface area contributed by atoms with Crippen LogP contribution in [0.1, 0.15) is 18.4 Å². The van der Waals surface area contributed by atoms with Gasteiger partial charge in [0.2, 0.25) is 0 Å². The quantitative estimate of drug-likeness (QED) is 0.686. The monoisotopic (exact) mass is 315 g/mol. The molecule has 0 amide bonds. The Morgan fingerprint density at radius 1 is 1.27 bits per heavy atom. The maximum Gasteiger partial charge on any atom is 0.422 e. The zero-order chi connectivity index (χ0) is 16.0. The summed E-state index contributed by atoms with van der Waals surface area (Å²) in [5, 5.41) is 3.18. The summed E-state index contributed by atoms with van der Waals surface area (Å²) in [6.45, 7) is 0.986. The van der Waals surface area contributed by atoms with Crippen molar-refractivity contribution in [3.8, 4) is 5.75 Å². The molecule has 2 rings (SSSR count). The van der Waals surface area contributed by atoms with Crippen molar-refractivity contribution < 1.29 is 17.9 Å². The van der Waals surface area contributed by atoms with E-state index in [1.807, 2.05) is 0 Å². The third-order valence-corrected chi connectivity index (χ3v) is 3.42. The lowest BCUT2D eigenvalue weighted by Gasteiger charge is -2.21. The Kier molecular flexibility index (Phi) is 5.51. The van der Waals surface area contributed by atoms with Gasteiger partial charge in [0.15, 0.2) is 12.6 Å². The summed E-state index contributed by atoms with van der Waals surface area (Å²) in [6, 6.07) is 6.72. The minimum Gasteiger partial charge on any atom is -0.484 e. The van der Waals surface area contributed by atoms with E-state index in [0.717, 1.165) is 31.9 Å². The van der Waals surface area contributed by atoms with Gasteiger partial charge in [-0.15, -0.1) is 0 Å². The highest BCUT2D eigenvalue weighted by Gasteiger charge is 2.28. The number of hydrogen-bond acceptors (Lipinski definition) is 2. The van der Waals surface area contributed by atoms with Crippen molar-refractivity contribution in [2.24, 2.45) is 4.99 Å². The van der Waals surface area contributed by atoms with E-state index in [9.17, 15) is 13.2 Å². The summed E-state index contributed by atoms with van der Waals surface area (Å²) in [6.07, 6.45) is -2.08. The van der Waals surface area contributed by atoms with Crippen LogP contribution in [0.5, 0.6) is 5.75 Å². The van der Waals surface area contributed by atoms with Gasteiger partial charge in [-0.3, -0.25) is 4.99 Å². The molecule has 0 aliphatic carbocycles. The molecule has 1 aromatic carbocycles. The van der Waals surface area contributed by atoms with Crippen molar-refractivity contribution in [1.29, 1.82) is 0 Å². The smallest absolute Gasteiger partial charge is 0.422 e. The third-order valence-electron chi connectivity index (χ3n) is 3.42. The van der Waals surface area contributed by atoms with Gasteiger partial charge in [0.25, 0.3) is 0 Å². The van der Waals surface area contributed by atoms with E-state index >= 15 is 0 Å². The minimum atomic E-state index is -4.34. The van der Waals surface area contributed by atoms with Gasteiger partial charge in [-0.25, -0.2) is 0 Å². The predicted octanol–water partition coefficient (Wildman–Crippen LogP) is 2.80. The number of likely N-dealkylation sites (tertiary alicyclic amines) is 1. The van der Waals surface area contributed by atoms with E-state index in [4.69, 9.17) is 4.74 Å². The van der Waals surface area contributed by atoms with Crippen molar-refractivity contribution in [1.82, 2.24) is 10.2 Å². The van der Waals surface area contributed by atoms with Crippen LogP contribution in [0.3, 0.4) is 0 Å². The number of hydrogen-bond donors (Lipinski definition) is 1. The van der Waals surface area contributed by atoms with Crippen molar-refractivity contribution in [2.75, 3.05) is 26.7 Å². The first-order valence-corrected chi connectivity index (χ1v) is 7.22. The highest BCUT2D eigenvalue weighted by atomic mass is 19.4. The van der Waals surface area contributed by atoms with Crippen molar-refractivity contribution in [3.05, 3.63) is 29.8 Å². The SMILES string of the molecule is CN=C(NCc1ccccc1OCC(F)(F)F)N1CCCC1. The fourth-order valence-corrected chi connectivity index (χ4v) is 2.39. The van der Waals surface area contributed by atoms with Crippen LogP contribution in [0.15, 0.2) is 29.3 Å². The van der Waals surface area contributed by atoms with Crippen LogP contribution in [-0.2, 0) is 6.54 Å². The van der Waals surface area contributed by atoms with Crippen LogP contribution in [0.2, 0.25) is 0 Å². The molecular weight excluding hydrogens is 295 g/mol. The standard InChI is InChI=1S/C15H20F3N3O/c1-19-14(21-8-4-5-9-21)20-10-12-6-2-3-7-13(12)22-11-15(16,17)18/h2-3,6-7H,4-5,8-11H2,1H3,(H,19,20). The number of para-hydroxylation sites is 1. The molecule has 1 aliphatic heterocycles. The van der Waals surface area contributed by atoms with Gasteiger partial charge in [0, 0.05) is 32.2 Å². The van der Waals surface area contributed by atoms with Gasteiger partial charge in [-0.1, -0.05) is 18.2 Å². The summed E-state index contributed by atoms with van der Waals surface area (Å²) < 4.78 is 41.7. The van der Waals surface area contributed by atoms with Crippen LogP contribution in [0.25, 0.3) is 0 Å². The first-order chi connectivity index (χ1) is 10.5. The average Bonchev–Trinajstić information content (AvgIpc) is 3.00. The Labute approximate surface area is 128 Å². The van der Waals surface area contributed by atoms with Gasteiger partial charge < -0.3 is 15.0 Å². The lowest BCUT2D eigenvalue weighted by molar-refractivity contribution is -0.153. The van der Waals surface area contributed by atoms with Crippen molar-refractivity contribution in [2.45, 2.75) is 25.6 Å². The van der Waals surface area contributed by atoms with Crippen molar-refractivity contribution in [3.63, 3.8) is 0 Å². The highest BCUT2D eigenvalue weighted by Crippen LogP contribution is 2.22. The molecule has 0 bridgehead atoms. The molecular formula is C15H20F3N3O. The molecule has 1 fully saturated rings. The lowest BCUT2D eigenvalue weighted by Crippen LogP contribution is -2.39. The first-order valence-electron chi connectivity index (χ1n) is 7.22. The van der Waals surface area contributed by atoms with E-state index in [2.05, 4.69) is 15.2 Å². The zero-order valence-corrected chi connectivity index (χ0v) is 12.5. The Bertz CT molecular complexity index is 511. The number of aliphatic imine (C=N–C) groups is 1. The molecule has 7 heteroatoms. The predicted molar refractivity (Wildman–Crippen MR) is 79.0 cm³/mol. The molecule has 4 nitrogen and oxygen atoms in total. The Morgan fingerprint density at radius 2 is 1.95 bits per heavy atom. The molecule has 0 unspecified atom stereocenters. The number of nitrogens with one attached hydrogen (secondary N) is 1. The second-order valence-electron chi connectivity index (χ2n) is 5.11. The summed E-state index contributed by atoms with van der Waals surface area (Å²) in [7, 11) is 1.70. The lowest BCUT2D eigenvalue weighted by atomic mass is 10.2. The fraction of sp³-hybridized carbons (Fsp3) is 0.533. The summed E-state index contributed by atoms with van der Waals surface area (Å²) in [4.78, 5) is 6.35. The van der Waals surface area contributed by atoms with E-state index in [1.165, 1.54) is 0 Å². The Balaban J connectivity index is 1.97. The molecule has 1 heterocycles. The number of halogens is 3. The molecule has 0 aromatic heterocycles. The maximum atomic E-state index is 12.3. The Hall–Kier alpha value is -1.92. The fourth-order valence-electron chi connectivity index (χ4n) is 2.39. The average molecular weight is 315 g/mol. The van der Waals surface area contributed by atoms with E-state index < -0.39 is 12.8 Å². The number of rotatable bonds is 4. The normalized spacial score (nSPS) is 16.0. The second kappa shape index (κ2) is 7.38. The van der Waals surface area contributed by atoms with Crippen molar-refractivity contribution >= 4 is 5.96 Å². The highest BCUT2D eigenvalue weighted by molar-refractivity contribution is 5.80. The molecule has 0 saturated carbocycles. The maximum absolute atomic E-state index is 12.3. The number of guanidine groups is 1. The zero-order valence-electron chi connectivity index (χ0n) is 12.5. The van der Waals surface area contributed by atoms with Gasteiger partial charge in [-0.2, -0.15) is 13.2 Å². The molecule has 0 atom stereocenters. The number of ether oxygens (including phenoxy) is 1. The van der Waals surface area contributed by atoms with Crippen LogP contribution in [-0.4, -0.2) is 43.8 Å². The number of alkyl halides is 3. The molecule has 1 N–H and O–H groups in total. The van der Waals surface area contributed by atoms with Gasteiger partial charge in [0.05, 0.1) is 0 Å². The number of nitrogens with zero attached hydrogens (tertiary/aromatic N) is 2. The Morgan fingerprint density at radius 3 is 2.59 bits per heavy atom. The molecule has 1 aliphatic rings. The third kappa shape index (κ3) is 4.82. The van der Waals surface area contributed by atoms with E-state index in [-0.39, 0.29) is 5.75 Å². The molecule has 1 saturated heterocycles. The molecule has 0 spiro atoms. The topological polar surface area (TPSA) is 36.9 Å². The van der Waals surface area contributed by atoms with Gasteiger partial charge in [0.1, 0.15) is 5.75 Å². The van der Waals surface area contributed by atoms with Crippen LogP contribution >= 0.6 is 0 Å². The van der Waals surface area contributed by atoms with Crippen LogP contribution < -0.4 is 10.1 Å². The van der Waals surface area contributed by atoms with Gasteiger partial charge in [-0.05, 0) is 18.9 Å². The summed E-state index contributed by atoms with van der Waals surface area (Å²) >= 11 is 0. The second-order valence-corrected chi connectivity index (χ2v) is 5.11. The summed E-state index contributed by atoms with van der Waals surface area (Å²) in [5.74, 6) is 1.01. The molecule has 0 radical (unpaired) electrons. The van der Waals surface area contributed by atoms with Gasteiger partial charge >= 0.3 is 6.18 Å². The van der Waals surface area contributed by atoms with Crippen LogP contribution in [0.4, 0.5) is 13.2 Å². The van der Waals surface area contributed by atoms with E-state index in [1.54, 1.807) is 31.3 Å². The largest absolute Gasteiger partial charge is 0.484 e. The molecule has 22 heavy (non-hydrogen) atoms. The first kappa shape index (κ1) is 16.5. The minimum absolute atomic E-state index is 0.240. The van der Waals surface area contributed by atoms with Crippen LogP contribution in [0, 0.1) is 0 Å². The summed E-state index contributed by atoms with van der Waals surface area (Å²) in [5.41, 5.74) is 0.673.